The lowest BCUT2D eigenvalue weighted by Gasteiger charge is -2.08. The van der Waals surface area contributed by atoms with E-state index in [1.54, 1.807) is 6.07 Å². The van der Waals surface area contributed by atoms with Crippen LogP contribution in [0.1, 0.15) is 11.5 Å². The first-order valence-corrected chi connectivity index (χ1v) is 7.29. The Morgan fingerprint density at radius 2 is 2.15 bits per heavy atom. The molecule has 0 spiro atoms. The number of tetrazole rings is 1. The zero-order valence-corrected chi connectivity index (χ0v) is 13.4. The fourth-order valence-corrected chi connectivity index (χ4v) is 2.24. The van der Waals surface area contributed by atoms with Crippen LogP contribution in [-0.2, 0) is 6.18 Å². The minimum absolute atomic E-state index is 0.110. The third kappa shape index (κ3) is 3.65. The summed E-state index contributed by atoms with van der Waals surface area (Å²) in [5.41, 5.74) is -0.119. The van der Waals surface area contributed by atoms with Crippen LogP contribution in [0.4, 0.5) is 18.9 Å². The lowest BCUT2D eigenvalue weighted by atomic mass is 10.2. The third-order valence-electron chi connectivity index (χ3n) is 3.16. The van der Waals surface area contributed by atoms with Crippen molar-refractivity contribution < 1.29 is 13.2 Å². The van der Waals surface area contributed by atoms with Crippen LogP contribution in [0.3, 0.4) is 0 Å². The Balaban J connectivity index is 1.82. The van der Waals surface area contributed by atoms with E-state index in [9.17, 15) is 13.2 Å². The fraction of sp³-hybridized carbons (Fsp3) is 0.0714. The minimum Gasteiger partial charge on any atom is -0.360 e. The highest BCUT2D eigenvalue weighted by Crippen LogP contribution is 2.29. The summed E-state index contributed by atoms with van der Waals surface area (Å²) in [6, 6.07) is 7.30. The average molecular weight is 381 g/mol. The average Bonchev–Trinajstić information content (AvgIpc) is 3.27. The number of nitrogens with zero attached hydrogens (tertiary/aromatic N) is 6. The number of hydrogen-bond acceptors (Lipinski definition) is 6. The van der Waals surface area contributed by atoms with Crippen molar-refractivity contribution in [2.24, 2.45) is 0 Å². The van der Waals surface area contributed by atoms with Gasteiger partial charge in [-0.05, 0) is 29.5 Å². The van der Waals surface area contributed by atoms with Gasteiger partial charge >= 0.3 is 6.18 Å². The summed E-state index contributed by atoms with van der Waals surface area (Å²) >= 11 is 6.13. The van der Waals surface area contributed by atoms with Gasteiger partial charge in [0.1, 0.15) is 11.6 Å². The van der Waals surface area contributed by atoms with Gasteiger partial charge in [0, 0.05) is 18.1 Å². The number of hydrogen-bond donors (Lipinski definition) is 2. The molecule has 26 heavy (non-hydrogen) atoms. The number of halogens is 4. The lowest BCUT2D eigenvalue weighted by molar-refractivity contribution is -0.141. The maximum absolute atomic E-state index is 12.6. The largest absolute Gasteiger partial charge is 0.435 e. The number of nitriles is 1. The van der Waals surface area contributed by atoms with Crippen LogP contribution in [-0.4, -0.2) is 30.4 Å². The molecule has 0 fully saturated rings. The molecular formula is C14H8ClF3N8. The summed E-state index contributed by atoms with van der Waals surface area (Å²) in [6.45, 7) is 0. The van der Waals surface area contributed by atoms with E-state index in [0.29, 0.717) is 5.69 Å². The number of benzene rings is 1. The Morgan fingerprint density at radius 3 is 2.73 bits per heavy atom. The van der Waals surface area contributed by atoms with Crippen molar-refractivity contribution in [3.63, 3.8) is 0 Å². The molecule has 0 saturated carbocycles. The van der Waals surface area contributed by atoms with E-state index in [0.717, 1.165) is 10.7 Å². The van der Waals surface area contributed by atoms with Gasteiger partial charge in [0.05, 0.1) is 10.7 Å². The Kier molecular flexibility index (Phi) is 4.59. The van der Waals surface area contributed by atoms with Gasteiger partial charge in [-0.3, -0.25) is 0 Å². The molecule has 132 valence electrons. The molecule has 0 atom stereocenters. The second kappa shape index (κ2) is 6.85. The number of H-pyrrole nitrogens is 1. The summed E-state index contributed by atoms with van der Waals surface area (Å²) in [7, 11) is 0. The first-order valence-electron chi connectivity index (χ1n) is 6.92. The normalized spacial score (nSPS) is 12.0. The first kappa shape index (κ1) is 17.4. The molecule has 1 aromatic carbocycles. The zero-order chi connectivity index (χ0) is 18.7. The van der Waals surface area contributed by atoms with Gasteiger partial charge in [-0.15, -0.1) is 10.2 Å². The molecule has 12 heteroatoms. The van der Waals surface area contributed by atoms with Crippen molar-refractivity contribution in [3.8, 4) is 11.8 Å². The number of nitrogens with one attached hydrogen (secondary N) is 2. The molecule has 8 nitrogen and oxygen atoms in total. The number of rotatable bonds is 4. The molecule has 0 aliphatic carbocycles. The fourth-order valence-electron chi connectivity index (χ4n) is 1.97. The summed E-state index contributed by atoms with van der Waals surface area (Å²) in [5, 5.41) is 28.5. The van der Waals surface area contributed by atoms with Crippen LogP contribution in [0, 0.1) is 11.3 Å². The third-order valence-corrected chi connectivity index (χ3v) is 3.47. The predicted molar refractivity (Wildman–Crippen MR) is 85.0 cm³/mol. The van der Waals surface area contributed by atoms with Crippen LogP contribution < -0.4 is 5.32 Å². The standard InChI is InChI=1S/C14H8ClF3N8/c15-10-5-9(20-7-8(6-19)13-21-24-25-22-13)1-2-11(10)26-4-3-12(23-26)14(16,17)18/h1-5,7,20H,(H,21,22,24,25). The minimum atomic E-state index is -4.53. The van der Waals surface area contributed by atoms with E-state index in [1.165, 1.54) is 24.5 Å². The van der Waals surface area contributed by atoms with E-state index in [4.69, 9.17) is 16.9 Å². The quantitative estimate of drug-likeness (QED) is 0.673. The molecule has 0 aliphatic heterocycles. The lowest BCUT2D eigenvalue weighted by Crippen LogP contribution is -2.07. The molecule has 0 radical (unpaired) electrons. The SMILES string of the molecule is N#CC(=CNc1ccc(-n2ccc(C(F)(F)F)n2)c(Cl)c1)c1nn[nH]n1. The van der Waals surface area contributed by atoms with Crippen LogP contribution in [0.25, 0.3) is 11.3 Å². The highest BCUT2D eigenvalue weighted by molar-refractivity contribution is 6.32. The van der Waals surface area contributed by atoms with Gasteiger partial charge in [-0.1, -0.05) is 11.6 Å². The number of aromatic amines is 1. The van der Waals surface area contributed by atoms with E-state index < -0.39 is 11.9 Å². The second-order valence-corrected chi connectivity index (χ2v) is 5.27. The molecule has 2 heterocycles. The summed E-state index contributed by atoms with van der Waals surface area (Å²) in [6.07, 6.45) is -2.01. The monoisotopic (exact) mass is 380 g/mol. The molecule has 0 aliphatic rings. The summed E-state index contributed by atoms with van der Waals surface area (Å²) in [4.78, 5) is 0. The predicted octanol–water partition coefficient (Wildman–Crippen LogP) is 3.03. The van der Waals surface area contributed by atoms with Gasteiger partial charge < -0.3 is 5.32 Å². The van der Waals surface area contributed by atoms with Gasteiger partial charge in [0.2, 0.25) is 5.82 Å². The number of alkyl halides is 3. The van der Waals surface area contributed by atoms with Crippen molar-refractivity contribution in [1.82, 2.24) is 30.4 Å². The molecule has 0 saturated heterocycles. The molecule has 0 bridgehead atoms. The van der Waals surface area contributed by atoms with Crippen molar-refractivity contribution in [2.75, 3.05) is 5.32 Å². The van der Waals surface area contributed by atoms with Crippen molar-refractivity contribution in [2.45, 2.75) is 6.18 Å². The Bertz CT molecular complexity index is 985. The Morgan fingerprint density at radius 1 is 1.35 bits per heavy atom. The number of anilines is 1. The smallest absolute Gasteiger partial charge is 0.360 e. The molecule has 0 unspecified atom stereocenters. The molecule has 2 N–H and O–H groups in total. The molecular weight excluding hydrogens is 373 g/mol. The van der Waals surface area contributed by atoms with Crippen LogP contribution >= 0.6 is 11.6 Å². The van der Waals surface area contributed by atoms with Crippen molar-refractivity contribution in [1.29, 1.82) is 5.26 Å². The zero-order valence-electron chi connectivity index (χ0n) is 12.7. The van der Waals surface area contributed by atoms with E-state index in [1.807, 2.05) is 6.07 Å². The van der Waals surface area contributed by atoms with Crippen molar-refractivity contribution >= 4 is 22.9 Å². The van der Waals surface area contributed by atoms with E-state index in [-0.39, 0.29) is 22.1 Å². The van der Waals surface area contributed by atoms with Crippen LogP contribution in [0.2, 0.25) is 5.02 Å². The molecule has 2 aromatic heterocycles. The topological polar surface area (TPSA) is 108 Å². The van der Waals surface area contributed by atoms with Gasteiger partial charge in [0.25, 0.3) is 0 Å². The van der Waals surface area contributed by atoms with Crippen molar-refractivity contribution in [3.05, 3.63) is 53.2 Å². The van der Waals surface area contributed by atoms with E-state index >= 15 is 0 Å². The van der Waals surface area contributed by atoms with Gasteiger partial charge in [-0.2, -0.15) is 28.7 Å². The van der Waals surface area contributed by atoms with E-state index in [2.05, 4.69) is 31.0 Å². The molecule has 3 rings (SSSR count). The highest BCUT2D eigenvalue weighted by Gasteiger charge is 2.33. The van der Waals surface area contributed by atoms with Gasteiger partial charge in [0.15, 0.2) is 5.69 Å². The van der Waals surface area contributed by atoms with Crippen LogP contribution in [0.5, 0.6) is 0 Å². The van der Waals surface area contributed by atoms with Gasteiger partial charge in [-0.25, -0.2) is 4.68 Å². The second-order valence-electron chi connectivity index (χ2n) is 4.86. The number of allylic oxidation sites excluding steroid dienone is 1. The number of aromatic nitrogens is 6. The Hall–Kier alpha value is -3.39. The summed E-state index contributed by atoms with van der Waals surface area (Å²) in [5.74, 6) is 0.110. The Labute approximate surface area is 148 Å². The first-order chi connectivity index (χ1) is 12.4. The van der Waals surface area contributed by atoms with Crippen LogP contribution in [0.15, 0.2) is 36.7 Å². The maximum Gasteiger partial charge on any atom is 0.435 e. The molecule has 0 amide bonds. The highest BCUT2D eigenvalue weighted by atomic mass is 35.5. The molecule has 3 aromatic rings. The summed E-state index contributed by atoms with van der Waals surface area (Å²) < 4.78 is 39.0. The maximum atomic E-state index is 12.6.